The van der Waals surface area contributed by atoms with Crippen LogP contribution in [0.3, 0.4) is 0 Å². The van der Waals surface area contributed by atoms with Gasteiger partial charge < -0.3 is 10.1 Å². The Morgan fingerprint density at radius 1 is 1.38 bits per heavy atom. The van der Waals surface area contributed by atoms with Crippen molar-refractivity contribution in [3.63, 3.8) is 0 Å². The van der Waals surface area contributed by atoms with E-state index in [9.17, 15) is 4.79 Å². The van der Waals surface area contributed by atoms with Gasteiger partial charge in [0.2, 0.25) is 5.91 Å². The first kappa shape index (κ1) is 9.68. The summed E-state index contributed by atoms with van der Waals surface area (Å²) < 4.78 is 5.32. The second kappa shape index (κ2) is 4.57. The fourth-order valence-corrected chi connectivity index (χ4v) is 4.03. The van der Waals surface area contributed by atoms with Gasteiger partial charge in [-0.15, -0.1) is 23.5 Å². The lowest BCUT2D eigenvalue weighted by molar-refractivity contribution is -0.119. The van der Waals surface area contributed by atoms with Crippen LogP contribution in [-0.4, -0.2) is 41.3 Å². The van der Waals surface area contributed by atoms with E-state index in [0.717, 1.165) is 24.5 Å². The average molecular weight is 219 g/mol. The first-order valence-electron chi connectivity index (χ1n) is 4.47. The van der Waals surface area contributed by atoms with Crippen molar-refractivity contribution in [2.75, 3.05) is 24.7 Å². The summed E-state index contributed by atoms with van der Waals surface area (Å²) in [5, 5.41) is 3.02. The molecule has 0 aromatic carbocycles. The first-order chi connectivity index (χ1) is 6.36. The van der Waals surface area contributed by atoms with Crippen molar-refractivity contribution in [1.29, 1.82) is 0 Å². The van der Waals surface area contributed by atoms with Gasteiger partial charge in [-0.05, 0) is 6.42 Å². The zero-order valence-corrected chi connectivity index (χ0v) is 8.96. The maximum absolute atomic E-state index is 11.6. The van der Waals surface area contributed by atoms with E-state index in [1.807, 2.05) is 0 Å². The highest BCUT2D eigenvalue weighted by Crippen LogP contribution is 2.31. The summed E-state index contributed by atoms with van der Waals surface area (Å²) in [6.45, 7) is 1.48. The smallest absolute Gasteiger partial charge is 0.243 e. The third-order valence-corrected chi connectivity index (χ3v) is 5.10. The molecule has 0 aliphatic carbocycles. The summed E-state index contributed by atoms with van der Waals surface area (Å²) in [7, 11) is 0. The Morgan fingerprint density at radius 3 is 2.77 bits per heavy atom. The normalized spacial score (nSPS) is 29.4. The van der Waals surface area contributed by atoms with E-state index in [4.69, 9.17) is 4.74 Å². The van der Waals surface area contributed by atoms with Crippen LogP contribution in [0.15, 0.2) is 0 Å². The number of amides is 1. The van der Waals surface area contributed by atoms with Crippen LogP contribution in [0.4, 0.5) is 0 Å². The number of thioether (sulfide) groups is 2. The van der Waals surface area contributed by atoms with E-state index in [-0.39, 0.29) is 16.5 Å². The number of carbonyl (C=O) groups is 1. The quantitative estimate of drug-likeness (QED) is 0.742. The van der Waals surface area contributed by atoms with Crippen LogP contribution in [0, 0.1) is 0 Å². The molecule has 74 valence electrons. The molecule has 0 aromatic heterocycles. The molecule has 1 atom stereocenters. The predicted molar refractivity (Wildman–Crippen MR) is 56.1 cm³/mol. The highest BCUT2D eigenvalue weighted by Gasteiger charge is 2.27. The molecule has 1 N–H and O–H groups in total. The summed E-state index contributed by atoms with van der Waals surface area (Å²) >= 11 is 3.49. The van der Waals surface area contributed by atoms with Crippen molar-refractivity contribution >= 4 is 29.4 Å². The molecule has 0 bridgehead atoms. The maximum atomic E-state index is 11.6. The van der Waals surface area contributed by atoms with Crippen LogP contribution in [0.25, 0.3) is 0 Å². The number of hydrogen-bond acceptors (Lipinski definition) is 4. The second-order valence-electron chi connectivity index (χ2n) is 3.14. The van der Waals surface area contributed by atoms with Crippen molar-refractivity contribution in [2.24, 2.45) is 0 Å². The minimum atomic E-state index is 0.126. The fraction of sp³-hybridized carbons (Fsp3) is 0.875. The second-order valence-corrected chi connectivity index (χ2v) is 5.87. The van der Waals surface area contributed by atoms with Gasteiger partial charge in [0.25, 0.3) is 0 Å². The molecular weight excluding hydrogens is 206 g/mol. The minimum Gasteiger partial charge on any atom is -0.379 e. The molecule has 3 nitrogen and oxygen atoms in total. The number of carbonyl (C=O) groups excluding carboxylic acids is 1. The van der Waals surface area contributed by atoms with Gasteiger partial charge in [0, 0.05) is 18.1 Å². The SMILES string of the molecule is O=C(NC1CCOC1)C1SCCS1. The molecule has 0 radical (unpaired) electrons. The summed E-state index contributed by atoms with van der Waals surface area (Å²) in [6, 6.07) is 0.259. The van der Waals surface area contributed by atoms with E-state index < -0.39 is 0 Å². The predicted octanol–water partition coefficient (Wildman–Crippen LogP) is 0.698. The number of nitrogens with one attached hydrogen (secondary N) is 1. The van der Waals surface area contributed by atoms with Crippen molar-refractivity contribution in [3.8, 4) is 0 Å². The molecule has 2 fully saturated rings. The Labute approximate surface area is 86.4 Å². The molecule has 0 spiro atoms. The maximum Gasteiger partial charge on any atom is 0.243 e. The standard InChI is InChI=1S/C8H13NO2S2/c10-7(8-12-3-4-13-8)9-6-1-2-11-5-6/h6,8H,1-5H2,(H,9,10). The van der Waals surface area contributed by atoms with Crippen molar-refractivity contribution in [1.82, 2.24) is 5.32 Å². The van der Waals surface area contributed by atoms with Gasteiger partial charge in [-0.1, -0.05) is 0 Å². The molecule has 1 unspecified atom stereocenters. The Hall–Kier alpha value is 0.130. The molecular formula is C8H13NO2S2. The minimum absolute atomic E-state index is 0.126. The van der Waals surface area contributed by atoms with Gasteiger partial charge in [0.15, 0.2) is 0 Å². The fourth-order valence-electron chi connectivity index (χ4n) is 1.43. The summed E-state index contributed by atoms with van der Waals surface area (Å²) in [5.74, 6) is 2.39. The molecule has 0 saturated carbocycles. The Bertz CT molecular complexity index is 189. The summed E-state index contributed by atoms with van der Waals surface area (Å²) in [6.07, 6.45) is 0.966. The first-order valence-corrected chi connectivity index (χ1v) is 6.57. The third kappa shape index (κ3) is 2.54. The van der Waals surface area contributed by atoms with Crippen LogP contribution < -0.4 is 5.32 Å². The van der Waals surface area contributed by atoms with Crippen LogP contribution in [0.1, 0.15) is 6.42 Å². The van der Waals surface area contributed by atoms with Crippen LogP contribution in [0.5, 0.6) is 0 Å². The molecule has 0 aromatic rings. The van der Waals surface area contributed by atoms with Crippen molar-refractivity contribution < 1.29 is 9.53 Å². The zero-order valence-electron chi connectivity index (χ0n) is 7.32. The van der Waals surface area contributed by atoms with Crippen LogP contribution >= 0.6 is 23.5 Å². The number of hydrogen-bond donors (Lipinski definition) is 1. The molecule has 2 saturated heterocycles. The van der Waals surface area contributed by atoms with E-state index in [1.165, 1.54) is 0 Å². The van der Waals surface area contributed by atoms with Gasteiger partial charge in [-0.3, -0.25) is 4.79 Å². The Balaban J connectivity index is 1.76. The van der Waals surface area contributed by atoms with Crippen LogP contribution in [-0.2, 0) is 9.53 Å². The molecule has 13 heavy (non-hydrogen) atoms. The van der Waals surface area contributed by atoms with Crippen molar-refractivity contribution in [3.05, 3.63) is 0 Å². The van der Waals surface area contributed by atoms with Gasteiger partial charge in [0.05, 0.1) is 12.6 Å². The van der Waals surface area contributed by atoms with E-state index in [2.05, 4.69) is 5.32 Å². The monoisotopic (exact) mass is 219 g/mol. The Kier molecular flexibility index (Phi) is 3.40. The van der Waals surface area contributed by atoms with Crippen LogP contribution in [0.2, 0.25) is 0 Å². The molecule has 2 rings (SSSR count). The molecule has 2 aliphatic heterocycles. The Morgan fingerprint density at radius 2 is 2.15 bits per heavy atom. The lowest BCUT2D eigenvalue weighted by Gasteiger charge is -2.13. The van der Waals surface area contributed by atoms with Crippen molar-refractivity contribution in [2.45, 2.75) is 17.0 Å². The summed E-state index contributed by atoms with van der Waals surface area (Å²) in [4.78, 5) is 11.6. The average Bonchev–Trinajstić information content (AvgIpc) is 2.74. The third-order valence-electron chi connectivity index (χ3n) is 2.11. The topological polar surface area (TPSA) is 38.3 Å². The van der Waals surface area contributed by atoms with E-state index >= 15 is 0 Å². The van der Waals surface area contributed by atoms with Gasteiger partial charge in [-0.2, -0.15) is 0 Å². The van der Waals surface area contributed by atoms with E-state index in [0.29, 0.717) is 6.61 Å². The molecule has 5 heteroatoms. The molecule has 2 heterocycles. The lowest BCUT2D eigenvalue weighted by Crippen LogP contribution is -2.38. The highest BCUT2D eigenvalue weighted by molar-refractivity contribution is 8.21. The lowest BCUT2D eigenvalue weighted by atomic mass is 10.3. The van der Waals surface area contributed by atoms with E-state index in [1.54, 1.807) is 23.5 Å². The van der Waals surface area contributed by atoms with Gasteiger partial charge in [0.1, 0.15) is 4.58 Å². The summed E-state index contributed by atoms with van der Waals surface area (Å²) in [5.41, 5.74) is 0. The largest absolute Gasteiger partial charge is 0.379 e. The molecule has 1 amide bonds. The van der Waals surface area contributed by atoms with Gasteiger partial charge in [-0.25, -0.2) is 0 Å². The zero-order chi connectivity index (χ0) is 9.10. The number of ether oxygens (including phenoxy) is 1. The number of rotatable bonds is 2. The highest BCUT2D eigenvalue weighted by atomic mass is 32.2. The molecule has 2 aliphatic rings. The van der Waals surface area contributed by atoms with Gasteiger partial charge >= 0.3 is 0 Å².